The first-order chi connectivity index (χ1) is 10.8. The Hall–Kier alpha value is -1.40. The molecule has 0 aromatic carbocycles. The highest BCUT2D eigenvalue weighted by Gasteiger charge is 2.27. The van der Waals surface area contributed by atoms with Crippen molar-refractivity contribution >= 4 is 28.2 Å². The minimum Gasteiger partial charge on any atom is -0.462 e. The lowest BCUT2D eigenvalue weighted by atomic mass is 9.95. The van der Waals surface area contributed by atoms with Crippen LogP contribution in [0.4, 0.5) is 5.00 Å². The van der Waals surface area contributed by atoms with Crippen LogP contribution >= 0.6 is 11.3 Å². The molecule has 1 aliphatic rings. The van der Waals surface area contributed by atoms with Crippen molar-refractivity contribution in [1.29, 1.82) is 0 Å². The van der Waals surface area contributed by atoms with Crippen LogP contribution in [0.25, 0.3) is 0 Å². The van der Waals surface area contributed by atoms with Crippen LogP contribution in [-0.4, -0.2) is 30.6 Å². The van der Waals surface area contributed by atoms with Crippen molar-refractivity contribution in [1.82, 2.24) is 5.32 Å². The number of hydrogen-bond acceptors (Lipinski definition) is 5. The highest BCUT2D eigenvalue weighted by atomic mass is 32.1. The van der Waals surface area contributed by atoms with Crippen LogP contribution in [-0.2, 0) is 22.4 Å². The van der Waals surface area contributed by atoms with Crippen LogP contribution < -0.4 is 10.6 Å². The number of esters is 1. The maximum absolute atomic E-state index is 12.3. The van der Waals surface area contributed by atoms with E-state index in [2.05, 4.69) is 10.6 Å². The lowest BCUT2D eigenvalue weighted by Gasteiger charge is -2.20. The average molecular weight is 338 g/mol. The molecule has 1 heterocycles. The van der Waals surface area contributed by atoms with Gasteiger partial charge >= 0.3 is 5.97 Å². The van der Waals surface area contributed by atoms with Crippen molar-refractivity contribution in [3.63, 3.8) is 0 Å². The zero-order valence-electron chi connectivity index (χ0n) is 14.4. The molecular weight excluding hydrogens is 312 g/mol. The Morgan fingerprint density at radius 3 is 2.57 bits per heavy atom. The molecule has 1 aromatic heterocycles. The molecule has 0 bridgehead atoms. The zero-order chi connectivity index (χ0) is 17.0. The van der Waals surface area contributed by atoms with E-state index in [4.69, 9.17) is 4.74 Å². The van der Waals surface area contributed by atoms with E-state index in [0.29, 0.717) is 17.2 Å². The van der Waals surface area contributed by atoms with Gasteiger partial charge in [0.15, 0.2) is 0 Å². The summed E-state index contributed by atoms with van der Waals surface area (Å²) in [6.07, 6.45) is 4.07. The fraction of sp³-hybridized carbons (Fsp3) is 0.647. The van der Waals surface area contributed by atoms with Gasteiger partial charge in [0.2, 0.25) is 5.91 Å². The van der Waals surface area contributed by atoms with Crippen LogP contribution in [0.15, 0.2) is 0 Å². The first-order valence-corrected chi connectivity index (χ1v) is 9.00. The Morgan fingerprint density at radius 2 is 1.91 bits per heavy atom. The summed E-state index contributed by atoms with van der Waals surface area (Å²) in [5.41, 5.74) is 1.50. The Labute approximate surface area is 141 Å². The van der Waals surface area contributed by atoms with Crippen molar-refractivity contribution in [2.45, 2.75) is 58.9 Å². The SMILES string of the molecule is CCOC(=O)c1c(NC(=O)CNC(C)(C)C)sc2c1CCCC2. The molecule has 0 saturated heterocycles. The molecule has 0 unspecified atom stereocenters. The summed E-state index contributed by atoms with van der Waals surface area (Å²) in [4.78, 5) is 25.7. The van der Waals surface area contributed by atoms with E-state index >= 15 is 0 Å². The van der Waals surface area contributed by atoms with Gasteiger partial charge in [0.25, 0.3) is 0 Å². The molecule has 1 amide bonds. The van der Waals surface area contributed by atoms with Gasteiger partial charge in [-0.25, -0.2) is 4.79 Å². The standard InChI is InChI=1S/C17H26N2O3S/c1-5-22-16(21)14-11-8-6-7-9-12(11)23-15(14)19-13(20)10-18-17(2,3)4/h18H,5-10H2,1-4H3,(H,19,20). The monoisotopic (exact) mass is 338 g/mol. The number of rotatable bonds is 5. The van der Waals surface area contributed by atoms with E-state index in [1.54, 1.807) is 6.92 Å². The minimum atomic E-state index is -0.328. The maximum atomic E-state index is 12.3. The molecule has 0 atom stereocenters. The Balaban J connectivity index is 2.18. The number of thiophene rings is 1. The summed E-state index contributed by atoms with van der Waals surface area (Å²) in [7, 11) is 0. The van der Waals surface area contributed by atoms with Crippen molar-refractivity contribution < 1.29 is 14.3 Å². The largest absolute Gasteiger partial charge is 0.462 e. The van der Waals surface area contributed by atoms with Gasteiger partial charge in [0.05, 0.1) is 18.7 Å². The molecule has 128 valence electrons. The molecule has 2 rings (SSSR count). The number of anilines is 1. The number of fused-ring (bicyclic) bond motifs is 1. The average Bonchev–Trinajstić information content (AvgIpc) is 2.82. The summed E-state index contributed by atoms with van der Waals surface area (Å²) in [6, 6.07) is 0. The smallest absolute Gasteiger partial charge is 0.341 e. The van der Waals surface area contributed by atoms with Crippen molar-refractivity contribution in [3.05, 3.63) is 16.0 Å². The predicted molar refractivity (Wildman–Crippen MR) is 93.3 cm³/mol. The number of carbonyl (C=O) groups is 2. The van der Waals surface area contributed by atoms with E-state index < -0.39 is 0 Å². The number of hydrogen-bond donors (Lipinski definition) is 2. The first kappa shape index (κ1) is 17.9. The molecule has 1 aliphatic carbocycles. The topological polar surface area (TPSA) is 67.4 Å². The summed E-state index contributed by atoms with van der Waals surface area (Å²) in [5, 5.41) is 6.69. The van der Waals surface area contributed by atoms with Crippen molar-refractivity contribution in [2.75, 3.05) is 18.5 Å². The Morgan fingerprint density at radius 1 is 1.22 bits per heavy atom. The van der Waals surface area contributed by atoms with Gasteiger partial charge in [-0.05, 0) is 58.9 Å². The van der Waals surface area contributed by atoms with Crippen LogP contribution in [0, 0.1) is 0 Å². The molecule has 5 nitrogen and oxygen atoms in total. The fourth-order valence-electron chi connectivity index (χ4n) is 2.59. The number of amides is 1. The third-order valence-electron chi connectivity index (χ3n) is 3.68. The molecule has 0 spiro atoms. The first-order valence-electron chi connectivity index (χ1n) is 8.18. The third-order valence-corrected chi connectivity index (χ3v) is 4.89. The molecule has 23 heavy (non-hydrogen) atoms. The molecule has 2 N–H and O–H groups in total. The fourth-order valence-corrected chi connectivity index (χ4v) is 3.88. The van der Waals surface area contributed by atoms with Gasteiger partial charge in [-0.2, -0.15) is 0 Å². The summed E-state index contributed by atoms with van der Waals surface area (Å²) < 4.78 is 5.19. The molecular formula is C17H26N2O3S. The quantitative estimate of drug-likeness (QED) is 0.810. The van der Waals surface area contributed by atoms with Gasteiger partial charge in [-0.3, -0.25) is 4.79 Å². The van der Waals surface area contributed by atoms with Gasteiger partial charge in [-0.15, -0.1) is 11.3 Å². The second-order valence-electron chi connectivity index (χ2n) is 6.79. The van der Waals surface area contributed by atoms with Crippen molar-refractivity contribution in [3.8, 4) is 0 Å². The minimum absolute atomic E-state index is 0.129. The van der Waals surface area contributed by atoms with E-state index in [-0.39, 0.29) is 24.0 Å². The van der Waals surface area contributed by atoms with Crippen LogP contribution in [0.3, 0.4) is 0 Å². The zero-order valence-corrected chi connectivity index (χ0v) is 15.2. The van der Waals surface area contributed by atoms with E-state index in [1.807, 2.05) is 20.8 Å². The maximum Gasteiger partial charge on any atom is 0.341 e. The molecule has 0 radical (unpaired) electrons. The van der Waals surface area contributed by atoms with Gasteiger partial charge in [-0.1, -0.05) is 0 Å². The molecule has 1 aromatic rings. The highest BCUT2D eigenvalue weighted by Crippen LogP contribution is 2.38. The van der Waals surface area contributed by atoms with Gasteiger partial charge < -0.3 is 15.4 Å². The van der Waals surface area contributed by atoms with Crippen LogP contribution in [0.5, 0.6) is 0 Å². The number of aryl methyl sites for hydroxylation is 1. The number of carbonyl (C=O) groups excluding carboxylic acids is 2. The van der Waals surface area contributed by atoms with Gasteiger partial charge in [0.1, 0.15) is 5.00 Å². The number of nitrogens with one attached hydrogen (secondary N) is 2. The Bertz CT molecular complexity index is 587. The summed E-state index contributed by atoms with van der Waals surface area (Å²) in [6.45, 7) is 8.37. The van der Waals surface area contributed by atoms with E-state index in [0.717, 1.165) is 31.2 Å². The number of ether oxygens (including phenoxy) is 1. The summed E-state index contributed by atoms with van der Waals surface area (Å²) in [5.74, 6) is -0.463. The lowest BCUT2D eigenvalue weighted by molar-refractivity contribution is -0.115. The van der Waals surface area contributed by atoms with Gasteiger partial charge in [0, 0.05) is 10.4 Å². The molecule has 0 fully saturated rings. The van der Waals surface area contributed by atoms with E-state index in [9.17, 15) is 9.59 Å². The second kappa shape index (κ2) is 7.45. The second-order valence-corrected chi connectivity index (χ2v) is 7.89. The third kappa shape index (κ3) is 4.78. The Kier molecular flexibility index (Phi) is 5.81. The van der Waals surface area contributed by atoms with E-state index in [1.165, 1.54) is 16.2 Å². The van der Waals surface area contributed by atoms with Crippen molar-refractivity contribution in [2.24, 2.45) is 0 Å². The predicted octanol–water partition coefficient (Wildman–Crippen LogP) is 3.13. The highest BCUT2D eigenvalue weighted by molar-refractivity contribution is 7.17. The normalized spacial score (nSPS) is 14.3. The molecule has 0 saturated carbocycles. The summed E-state index contributed by atoms with van der Waals surface area (Å²) >= 11 is 1.52. The molecule has 6 heteroatoms. The van der Waals surface area contributed by atoms with Crippen LogP contribution in [0.1, 0.15) is 61.3 Å². The lowest BCUT2D eigenvalue weighted by Crippen LogP contribution is -2.41. The molecule has 0 aliphatic heterocycles. The van der Waals surface area contributed by atoms with Crippen LogP contribution in [0.2, 0.25) is 0 Å².